The van der Waals surface area contributed by atoms with Gasteiger partial charge in [-0.1, -0.05) is 18.0 Å². The van der Waals surface area contributed by atoms with Crippen LogP contribution < -0.4 is 10.1 Å². The number of hydrogen-bond acceptors (Lipinski definition) is 5. The van der Waals surface area contributed by atoms with Crippen molar-refractivity contribution in [1.29, 1.82) is 0 Å². The molecule has 3 atom stereocenters. The van der Waals surface area contributed by atoms with Crippen molar-refractivity contribution in [3.63, 3.8) is 0 Å². The van der Waals surface area contributed by atoms with E-state index in [1.165, 1.54) is 7.11 Å². The Hall–Kier alpha value is -2.08. The Morgan fingerprint density at radius 3 is 2.52 bits per heavy atom. The molecular weight excluding hydrogens is 370 g/mol. The number of carbonyl (C=O) groups excluding carboxylic acids is 3. The Morgan fingerprint density at radius 1 is 1.22 bits per heavy atom. The monoisotopic (exact) mass is 393 g/mol. The predicted molar refractivity (Wildman–Crippen MR) is 101 cm³/mol. The minimum atomic E-state index is -0.449. The molecule has 6 nitrogen and oxygen atoms in total. The number of benzene rings is 1. The van der Waals surface area contributed by atoms with Crippen LogP contribution in [0.15, 0.2) is 12.1 Å². The van der Waals surface area contributed by atoms with E-state index in [1.807, 2.05) is 6.92 Å². The summed E-state index contributed by atoms with van der Waals surface area (Å²) in [5.41, 5.74) is 1.27. The van der Waals surface area contributed by atoms with Gasteiger partial charge < -0.3 is 14.8 Å². The minimum Gasteiger partial charge on any atom is -0.495 e. The molecule has 2 bridgehead atoms. The highest BCUT2D eigenvalue weighted by molar-refractivity contribution is 6.31. The normalized spacial score (nSPS) is 24.3. The molecule has 2 aliphatic rings. The minimum absolute atomic E-state index is 0.0230. The van der Waals surface area contributed by atoms with E-state index < -0.39 is 11.9 Å². The number of hydrogen-bond donors (Lipinski definition) is 1. The smallest absolute Gasteiger partial charge is 0.309 e. The molecule has 0 radical (unpaired) electrons. The summed E-state index contributed by atoms with van der Waals surface area (Å²) in [4.78, 5) is 36.7. The van der Waals surface area contributed by atoms with E-state index in [0.717, 1.165) is 24.8 Å². The first-order valence-corrected chi connectivity index (χ1v) is 9.61. The second kappa shape index (κ2) is 8.30. The van der Waals surface area contributed by atoms with Gasteiger partial charge in [-0.15, -0.1) is 0 Å². The number of anilines is 1. The number of aryl methyl sites for hydroxylation is 1. The van der Waals surface area contributed by atoms with Crippen molar-refractivity contribution in [2.24, 2.45) is 17.8 Å². The Kier molecular flexibility index (Phi) is 6.05. The third kappa shape index (κ3) is 4.43. The molecule has 0 aromatic heterocycles. The Morgan fingerprint density at radius 2 is 1.89 bits per heavy atom. The van der Waals surface area contributed by atoms with Gasteiger partial charge in [-0.25, -0.2) is 0 Å². The van der Waals surface area contributed by atoms with E-state index in [9.17, 15) is 14.4 Å². The fraction of sp³-hybridized carbons (Fsp3) is 0.550. The molecule has 1 N–H and O–H groups in total. The molecule has 0 aliphatic heterocycles. The van der Waals surface area contributed by atoms with Crippen molar-refractivity contribution in [2.75, 3.05) is 19.0 Å². The van der Waals surface area contributed by atoms with Gasteiger partial charge in [0, 0.05) is 22.9 Å². The van der Waals surface area contributed by atoms with Gasteiger partial charge in [-0.2, -0.15) is 0 Å². The molecule has 0 heterocycles. The lowest BCUT2D eigenvalue weighted by molar-refractivity contribution is -0.155. The highest BCUT2D eigenvalue weighted by atomic mass is 35.5. The first kappa shape index (κ1) is 19.7. The van der Waals surface area contributed by atoms with Gasteiger partial charge in [0.05, 0.1) is 18.7 Å². The number of ketones is 1. The molecule has 2 saturated carbocycles. The van der Waals surface area contributed by atoms with Gasteiger partial charge in [0.25, 0.3) is 5.91 Å². The number of carbonyl (C=O) groups is 3. The second-order valence-electron chi connectivity index (χ2n) is 7.35. The Labute approximate surface area is 163 Å². The van der Waals surface area contributed by atoms with Crippen LogP contribution in [0.1, 0.15) is 37.7 Å². The van der Waals surface area contributed by atoms with Gasteiger partial charge in [0.2, 0.25) is 0 Å². The largest absolute Gasteiger partial charge is 0.495 e. The fourth-order valence-electron chi connectivity index (χ4n) is 4.04. The zero-order valence-electron chi connectivity index (χ0n) is 15.5. The Balaban J connectivity index is 1.54. The Bertz CT molecular complexity index is 747. The molecule has 1 unspecified atom stereocenters. The third-order valence-corrected chi connectivity index (χ3v) is 5.89. The first-order valence-electron chi connectivity index (χ1n) is 9.23. The molecule has 146 valence electrons. The van der Waals surface area contributed by atoms with Crippen LogP contribution >= 0.6 is 11.6 Å². The number of amides is 1. The van der Waals surface area contributed by atoms with Crippen molar-refractivity contribution in [3.05, 3.63) is 22.7 Å². The van der Waals surface area contributed by atoms with Gasteiger partial charge in [-0.05, 0) is 44.2 Å². The number of ether oxygens (including phenoxy) is 2. The SMILES string of the molecule is COc1cc(Cl)c(C)cc1NC(=O)COC(=O)C1C[C@H]2CCC[C@@H](C1)C2=O. The lowest BCUT2D eigenvalue weighted by Gasteiger charge is -2.36. The number of Topliss-reactive ketones (excluding diaryl/α,β-unsaturated/α-hetero) is 1. The van der Waals surface area contributed by atoms with Crippen LogP contribution in [0.4, 0.5) is 5.69 Å². The van der Waals surface area contributed by atoms with Gasteiger partial charge in [0.15, 0.2) is 6.61 Å². The van der Waals surface area contributed by atoms with Crippen LogP contribution in [-0.2, 0) is 19.1 Å². The maximum atomic E-state index is 12.4. The van der Waals surface area contributed by atoms with E-state index in [0.29, 0.717) is 35.1 Å². The zero-order chi connectivity index (χ0) is 19.6. The van der Waals surface area contributed by atoms with Crippen LogP contribution in [0.25, 0.3) is 0 Å². The second-order valence-corrected chi connectivity index (χ2v) is 7.76. The molecule has 7 heteroatoms. The van der Waals surface area contributed by atoms with E-state index >= 15 is 0 Å². The topological polar surface area (TPSA) is 81.7 Å². The summed E-state index contributed by atoms with van der Waals surface area (Å²) in [7, 11) is 1.48. The average Bonchev–Trinajstić information content (AvgIpc) is 2.62. The highest BCUT2D eigenvalue weighted by Crippen LogP contribution is 2.40. The van der Waals surface area contributed by atoms with Crippen LogP contribution in [0.3, 0.4) is 0 Å². The van der Waals surface area contributed by atoms with Crippen LogP contribution in [0.5, 0.6) is 5.75 Å². The summed E-state index contributed by atoms with van der Waals surface area (Å²) in [6.45, 7) is 1.45. The summed E-state index contributed by atoms with van der Waals surface area (Å²) in [6.07, 6.45) is 3.85. The highest BCUT2D eigenvalue weighted by Gasteiger charge is 2.41. The van der Waals surface area contributed by atoms with Gasteiger partial charge >= 0.3 is 5.97 Å². The molecule has 2 fully saturated rings. The quantitative estimate of drug-likeness (QED) is 0.774. The van der Waals surface area contributed by atoms with Crippen molar-refractivity contribution >= 4 is 34.9 Å². The lowest BCUT2D eigenvalue weighted by Crippen LogP contribution is -2.40. The van der Waals surface area contributed by atoms with Crippen LogP contribution in [-0.4, -0.2) is 31.4 Å². The average molecular weight is 394 g/mol. The van der Waals surface area contributed by atoms with Crippen LogP contribution in [0, 0.1) is 24.7 Å². The number of methoxy groups -OCH3 is 1. The summed E-state index contributed by atoms with van der Waals surface area (Å²) in [5, 5.41) is 3.22. The molecule has 1 amide bonds. The lowest BCUT2D eigenvalue weighted by atomic mass is 9.67. The number of halogens is 1. The number of fused-ring (bicyclic) bond motifs is 2. The van der Waals surface area contributed by atoms with Crippen LogP contribution in [0.2, 0.25) is 5.02 Å². The van der Waals surface area contributed by atoms with E-state index in [1.54, 1.807) is 12.1 Å². The molecule has 27 heavy (non-hydrogen) atoms. The summed E-state index contributed by atoms with van der Waals surface area (Å²) < 4.78 is 10.4. The molecule has 0 saturated heterocycles. The predicted octanol–water partition coefficient (Wildman–Crippen LogP) is 3.53. The molecule has 3 rings (SSSR count). The van der Waals surface area contributed by atoms with Gasteiger partial charge in [-0.3, -0.25) is 14.4 Å². The summed E-state index contributed by atoms with van der Waals surface area (Å²) in [6, 6.07) is 3.32. The van der Waals surface area contributed by atoms with E-state index in [4.69, 9.17) is 21.1 Å². The zero-order valence-corrected chi connectivity index (χ0v) is 16.3. The maximum absolute atomic E-state index is 12.4. The summed E-state index contributed by atoms with van der Waals surface area (Å²) >= 11 is 6.05. The number of esters is 1. The number of rotatable bonds is 5. The van der Waals surface area contributed by atoms with E-state index in [-0.39, 0.29) is 24.4 Å². The third-order valence-electron chi connectivity index (χ3n) is 5.48. The standard InChI is InChI=1S/C20H24ClNO5/c1-11-6-16(17(26-2)9-15(11)21)22-18(23)10-27-20(25)14-7-12-4-3-5-13(8-14)19(12)24/h6,9,12-14H,3-5,7-8,10H2,1-2H3,(H,22,23)/t12-,13+,14?. The maximum Gasteiger partial charge on any atom is 0.309 e. The van der Waals surface area contributed by atoms with Crippen molar-refractivity contribution in [3.8, 4) is 5.75 Å². The molecular formula is C20H24ClNO5. The van der Waals surface area contributed by atoms with E-state index in [2.05, 4.69) is 5.32 Å². The van der Waals surface area contributed by atoms with Crippen molar-refractivity contribution in [1.82, 2.24) is 0 Å². The first-order chi connectivity index (χ1) is 12.9. The molecule has 1 aromatic carbocycles. The summed E-state index contributed by atoms with van der Waals surface area (Å²) in [5.74, 6) is -0.449. The molecule has 2 aliphatic carbocycles. The molecule has 0 spiro atoms. The van der Waals surface area contributed by atoms with Gasteiger partial charge in [0.1, 0.15) is 11.5 Å². The van der Waals surface area contributed by atoms with Crippen molar-refractivity contribution < 1.29 is 23.9 Å². The van der Waals surface area contributed by atoms with Crippen molar-refractivity contribution in [2.45, 2.75) is 39.0 Å². The molecule has 1 aromatic rings. The number of nitrogens with one attached hydrogen (secondary N) is 1. The fourth-order valence-corrected chi connectivity index (χ4v) is 4.20.